The van der Waals surface area contributed by atoms with Crippen molar-refractivity contribution in [3.8, 4) is 6.07 Å². The van der Waals surface area contributed by atoms with Crippen molar-refractivity contribution in [1.29, 1.82) is 5.26 Å². The lowest BCUT2D eigenvalue weighted by Crippen LogP contribution is -2.34. The Bertz CT molecular complexity index is 388. The second kappa shape index (κ2) is 7.91. The molecule has 2 N–H and O–H groups in total. The third-order valence-electron chi connectivity index (χ3n) is 3.95. The van der Waals surface area contributed by atoms with Crippen LogP contribution in [0.15, 0.2) is 11.8 Å². The van der Waals surface area contributed by atoms with Crippen LogP contribution in [-0.4, -0.2) is 31.2 Å². The normalized spacial score (nSPS) is 24.1. The SMILES string of the molecule is N#C/C(=C/NC1CCCCC1)C(=O)NCC1CCCO1. The highest BCUT2D eigenvalue weighted by Gasteiger charge is 2.18. The second-order valence-electron chi connectivity index (χ2n) is 5.52. The van der Waals surface area contributed by atoms with Crippen LogP contribution < -0.4 is 10.6 Å². The first-order valence-corrected chi connectivity index (χ1v) is 7.55. The molecule has 0 aromatic carbocycles. The molecular formula is C15H23N3O2. The van der Waals surface area contributed by atoms with Gasteiger partial charge in [0.25, 0.3) is 5.91 Å². The Kier molecular flexibility index (Phi) is 5.87. The molecule has 110 valence electrons. The Morgan fingerprint density at radius 3 is 2.70 bits per heavy atom. The van der Waals surface area contributed by atoms with Gasteiger partial charge in [0.05, 0.1) is 6.10 Å². The van der Waals surface area contributed by atoms with Crippen LogP contribution in [0, 0.1) is 11.3 Å². The highest BCUT2D eigenvalue weighted by Crippen LogP contribution is 2.17. The summed E-state index contributed by atoms with van der Waals surface area (Å²) in [5, 5.41) is 15.0. The third-order valence-corrected chi connectivity index (χ3v) is 3.95. The van der Waals surface area contributed by atoms with E-state index in [9.17, 15) is 4.79 Å². The van der Waals surface area contributed by atoms with Crippen molar-refractivity contribution < 1.29 is 9.53 Å². The van der Waals surface area contributed by atoms with Gasteiger partial charge in [0.1, 0.15) is 11.6 Å². The highest BCUT2D eigenvalue weighted by molar-refractivity contribution is 5.97. The molecule has 0 spiro atoms. The first-order valence-electron chi connectivity index (χ1n) is 7.55. The van der Waals surface area contributed by atoms with Crippen LogP contribution in [0.3, 0.4) is 0 Å². The van der Waals surface area contributed by atoms with Crippen molar-refractivity contribution in [2.24, 2.45) is 0 Å². The molecule has 2 aliphatic rings. The van der Waals surface area contributed by atoms with Crippen LogP contribution in [0.1, 0.15) is 44.9 Å². The van der Waals surface area contributed by atoms with Gasteiger partial charge >= 0.3 is 0 Å². The molecule has 1 amide bonds. The van der Waals surface area contributed by atoms with Gasteiger partial charge in [-0.25, -0.2) is 0 Å². The Morgan fingerprint density at radius 1 is 1.25 bits per heavy atom. The number of carbonyl (C=O) groups is 1. The predicted molar refractivity (Wildman–Crippen MR) is 75.7 cm³/mol. The maximum atomic E-state index is 11.9. The number of ether oxygens (including phenoxy) is 1. The van der Waals surface area contributed by atoms with Crippen LogP contribution in [0.5, 0.6) is 0 Å². The van der Waals surface area contributed by atoms with E-state index in [0.717, 1.165) is 32.3 Å². The molecule has 0 bridgehead atoms. The van der Waals surface area contributed by atoms with E-state index < -0.39 is 0 Å². The van der Waals surface area contributed by atoms with Gasteiger partial charge in [-0.1, -0.05) is 19.3 Å². The Labute approximate surface area is 120 Å². The lowest BCUT2D eigenvalue weighted by Gasteiger charge is -2.21. The van der Waals surface area contributed by atoms with Gasteiger partial charge < -0.3 is 15.4 Å². The zero-order valence-corrected chi connectivity index (χ0v) is 11.9. The van der Waals surface area contributed by atoms with E-state index in [0.29, 0.717) is 12.6 Å². The van der Waals surface area contributed by atoms with Crippen LogP contribution in [0.25, 0.3) is 0 Å². The van der Waals surface area contributed by atoms with Crippen molar-refractivity contribution in [3.05, 3.63) is 11.8 Å². The second-order valence-corrected chi connectivity index (χ2v) is 5.52. The minimum atomic E-state index is -0.314. The summed E-state index contributed by atoms with van der Waals surface area (Å²) in [5.74, 6) is -0.314. The maximum Gasteiger partial charge on any atom is 0.263 e. The van der Waals surface area contributed by atoms with E-state index in [-0.39, 0.29) is 17.6 Å². The summed E-state index contributed by atoms with van der Waals surface area (Å²) in [6.45, 7) is 1.26. The van der Waals surface area contributed by atoms with Crippen molar-refractivity contribution in [2.75, 3.05) is 13.2 Å². The molecule has 20 heavy (non-hydrogen) atoms. The summed E-state index contributed by atoms with van der Waals surface area (Å²) in [6, 6.07) is 2.36. The zero-order valence-electron chi connectivity index (χ0n) is 11.9. The molecule has 1 saturated heterocycles. The summed E-state index contributed by atoms with van der Waals surface area (Å²) in [4.78, 5) is 11.9. The minimum Gasteiger partial charge on any atom is -0.387 e. The lowest BCUT2D eigenvalue weighted by molar-refractivity contribution is -0.117. The molecule has 1 aliphatic heterocycles. The monoisotopic (exact) mass is 277 g/mol. The average Bonchev–Trinajstić information content (AvgIpc) is 3.00. The fraction of sp³-hybridized carbons (Fsp3) is 0.733. The third kappa shape index (κ3) is 4.53. The standard InChI is InChI=1S/C15H23N3O2/c16-9-12(10-17-13-5-2-1-3-6-13)15(19)18-11-14-7-4-8-20-14/h10,13-14,17H,1-8,11H2,(H,18,19)/b12-10-. The molecule has 2 fully saturated rings. The van der Waals surface area contributed by atoms with Gasteiger partial charge in [0.2, 0.25) is 0 Å². The first-order chi connectivity index (χ1) is 9.79. The van der Waals surface area contributed by atoms with E-state index in [1.54, 1.807) is 6.20 Å². The molecule has 5 nitrogen and oxygen atoms in total. The molecular weight excluding hydrogens is 254 g/mol. The van der Waals surface area contributed by atoms with E-state index in [4.69, 9.17) is 10.00 Å². The van der Waals surface area contributed by atoms with Crippen LogP contribution >= 0.6 is 0 Å². The van der Waals surface area contributed by atoms with Crippen molar-refractivity contribution >= 4 is 5.91 Å². The number of hydrogen-bond acceptors (Lipinski definition) is 4. The summed E-state index contributed by atoms with van der Waals surface area (Å²) < 4.78 is 5.44. The number of nitrogens with one attached hydrogen (secondary N) is 2. The summed E-state index contributed by atoms with van der Waals surface area (Å²) in [7, 11) is 0. The summed E-state index contributed by atoms with van der Waals surface area (Å²) in [6.07, 6.45) is 9.66. The quantitative estimate of drug-likeness (QED) is 0.591. The molecule has 5 heteroatoms. The Hall–Kier alpha value is -1.54. The van der Waals surface area contributed by atoms with Crippen molar-refractivity contribution in [1.82, 2.24) is 10.6 Å². The number of nitriles is 1. The molecule has 1 unspecified atom stereocenters. The molecule has 0 radical (unpaired) electrons. The Morgan fingerprint density at radius 2 is 2.05 bits per heavy atom. The molecule has 1 aliphatic carbocycles. The van der Waals surface area contributed by atoms with Gasteiger partial charge in [-0.3, -0.25) is 4.79 Å². The topological polar surface area (TPSA) is 74.2 Å². The van der Waals surface area contributed by atoms with Gasteiger partial charge in [-0.05, 0) is 25.7 Å². The number of rotatable bonds is 5. The fourth-order valence-corrected chi connectivity index (χ4v) is 2.73. The molecule has 1 atom stereocenters. The lowest BCUT2D eigenvalue weighted by atomic mass is 9.96. The van der Waals surface area contributed by atoms with E-state index >= 15 is 0 Å². The smallest absolute Gasteiger partial charge is 0.263 e. The number of amides is 1. The highest BCUT2D eigenvalue weighted by atomic mass is 16.5. The molecule has 1 saturated carbocycles. The van der Waals surface area contributed by atoms with Gasteiger partial charge in [-0.15, -0.1) is 0 Å². The maximum absolute atomic E-state index is 11.9. The average molecular weight is 277 g/mol. The summed E-state index contributed by atoms with van der Waals surface area (Å²) in [5.41, 5.74) is 0.147. The number of nitrogens with zero attached hydrogens (tertiary/aromatic N) is 1. The van der Waals surface area contributed by atoms with E-state index in [1.165, 1.54) is 19.3 Å². The van der Waals surface area contributed by atoms with Crippen molar-refractivity contribution in [3.63, 3.8) is 0 Å². The van der Waals surface area contributed by atoms with E-state index in [2.05, 4.69) is 10.6 Å². The molecule has 2 rings (SSSR count). The molecule has 1 heterocycles. The van der Waals surface area contributed by atoms with Crippen LogP contribution in [-0.2, 0) is 9.53 Å². The largest absolute Gasteiger partial charge is 0.387 e. The van der Waals surface area contributed by atoms with Crippen molar-refractivity contribution in [2.45, 2.75) is 57.1 Å². The van der Waals surface area contributed by atoms with Crippen LogP contribution in [0.2, 0.25) is 0 Å². The number of hydrogen-bond donors (Lipinski definition) is 2. The van der Waals surface area contributed by atoms with Gasteiger partial charge in [0, 0.05) is 25.4 Å². The zero-order chi connectivity index (χ0) is 14.2. The fourth-order valence-electron chi connectivity index (χ4n) is 2.73. The van der Waals surface area contributed by atoms with E-state index in [1.807, 2.05) is 6.07 Å². The molecule has 0 aromatic heterocycles. The first kappa shape index (κ1) is 14.9. The van der Waals surface area contributed by atoms with Crippen LogP contribution in [0.4, 0.5) is 0 Å². The van der Waals surface area contributed by atoms with Gasteiger partial charge in [-0.2, -0.15) is 5.26 Å². The van der Waals surface area contributed by atoms with Gasteiger partial charge in [0.15, 0.2) is 0 Å². The molecule has 0 aromatic rings. The minimum absolute atomic E-state index is 0.102. The Balaban J connectivity index is 1.76. The number of carbonyl (C=O) groups excluding carboxylic acids is 1. The summed E-state index contributed by atoms with van der Waals surface area (Å²) >= 11 is 0. The predicted octanol–water partition coefficient (Wildman–Crippen LogP) is 1.61.